The Morgan fingerprint density at radius 2 is 2.32 bits per heavy atom. The third kappa shape index (κ3) is 3.19. The molecule has 1 aromatic heterocycles. The van der Waals surface area contributed by atoms with Crippen molar-refractivity contribution in [3.05, 3.63) is 22.6 Å². The Morgan fingerprint density at radius 3 is 2.79 bits per heavy atom. The molecule has 1 saturated heterocycles. The van der Waals surface area contributed by atoms with Crippen LogP contribution in [0.4, 0.5) is 0 Å². The van der Waals surface area contributed by atoms with E-state index in [-0.39, 0.29) is 35.8 Å². The average Bonchev–Trinajstić information content (AvgIpc) is 2.91. The number of furan rings is 1. The smallest absolute Gasteiger partial charge is 0.290 e. The molecule has 0 radical (unpaired) electrons. The molecule has 1 fully saturated rings. The van der Waals surface area contributed by atoms with Crippen molar-refractivity contribution in [3.8, 4) is 12.3 Å². The minimum absolute atomic E-state index is 0.0394. The Labute approximate surface area is 120 Å². The highest BCUT2D eigenvalue weighted by Crippen LogP contribution is 2.21. The highest BCUT2D eigenvalue weighted by atomic mass is 79.9. The lowest BCUT2D eigenvalue weighted by atomic mass is 10.2. The number of hydrogen-bond donors (Lipinski definition) is 0. The van der Waals surface area contributed by atoms with Gasteiger partial charge in [0, 0.05) is 6.04 Å². The van der Waals surface area contributed by atoms with Crippen LogP contribution in [0.1, 0.15) is 17.0 Å². The minimum Gasteiger partial charge on any atom is -0.444 e. The predicted octanol–water partition coefficient (Wildman–Crippen LogP) is 1.30. The molecule has 1 aliphatic rings. The first-order chi connectivity index (χ1) is 8.93. The lowest BCUT2D eigenvalue weighted by Crippen LogP contribution is -2.41. The van der Waals surface area contributed by atoms with Crippen LogP contribution in [-0.4, -0.2) is 43.3 Å². The van der Waals surface area contributed by atoms with Crippen molar-refractivity contribution in [2.24, 2.45) is 0 Å². The van der Waals surface area contributed by atoms with Gasteiger partial charge in [-0.15, -0.1) is 6.42 Å². The molecule has 1 atom stereocenters. The van der Waals surface area contributed by atoms with Crippen LogP contribution in [0.5, 0.6) is 0 Å². The maximum atomic E-state index is 12.3. The van der Waals surface area contributed by atoms with Crippen molar-refractivity contribution in [3.63, 3.8) is 0 Å². The van der Waals surface area contributed by atoms with Gasteiger partial charge in [0.15, 0.2) is 20.3 Å². The van der Waals surface area contributed by atoms with E-state index < -0.39 is 9.84 Å². The lowest BCUT2D eigenvalue weighted by Gasteiger charge is -2.25. The molecule has 2 rings (SSSR count). The standard InChI is InChI=1S/C12H12BrNO4S/c1-2-6-14(9-5-7-19(16,17)8-9)12(15)10-3-4-11(13)18-10/h1,3-4,9H,5-8H2. The number of carbonyl (C=O) groups is 1. The molecule has 2 heterocycles. The van der Waals surface area contributed by atoms with Crippen molar-refractivity contribution < 1.29 is 17.6 Å². The van der Waals surface area contributed by atoms with Crippen molar-refractivity contribution in [2.75, 3.05) is 18.1 Å². The van der Waals surface area contributed by atoms with E-state index in [4.69, 9.17) is 10.8 Å². The number of hydrogen-bond acceptors (Lipinski definition) is 4. The molecule has 5 nitrogen and oxygen atoms in total. The summed E-state index contributed by atoms with van der Waals surface area (Å²) in [5.41, 5.74) is 0. The normalized spacial score (nSPS) is 20.9. The summed E-state index contributed by atoms with van der Waals surface area (Å²) >= 11 is 3.12. The third-order valence-electron chi connectivity index (χ3n) is 2.96. The summed E-state index contributed by atoms with van der Waals surface area (Å²) in [5, 5.41) is 0. The van der Waals surface area contributed by atoms with Gasteiger partial charge < -0.3 is 9.32 Å². The predicted molar refractivity (Wildman–Crippen MR) is 73.3 cm³/mol. The number of terminal acetylenes is 1. The van der Waals surface area contributed by atoms with Crippen LogP contribution in [0, 0.1) is 12.3 Å². The van der Waals surface area contributed by atoms with Gasteiger partial charge in [0.25, 0.3) is 5.91 Å². The zero-order valence-electron chi connectivity index (χ0n) is 10.0. The summed E-state index contributed by atoms with van der Waals surface area (Å²) in [4.78, 5) is 13.7. The Hall–Kier alpha value is -1.26. The SMILES string of the molecule is C#CCN(C(=O)c1ccc(Br)o1)C1CCS(=O)(=O)C1. The molecule has 7 heteroatoms. The fourth-order valence-electron chi connectivity index (χ4n) is 2.06. The summed E-state index contributed by atoms with van der Waals surface area (Å²) in [6.07, 6.45) is 5.67. The maximum absolute atomic E-state index is 12.3. The van der Waals surface area contributed by atoms with E-state index in [0.29, 0.717) is 11.1 Å². The van der Waals surface area contributed by atoms with Crippen LogP contribution in [0.15, 0.2) is 21.2 Å². The summed E-state index contributed by atoms with van der Waals surface area (Å²) in [6.45, 7) is 0.0668. The van der Waals surface area contributed by atoms with Crippen LogP contribution in [0.2, 0.25) is 0 Å². The number of carbonyl (C=O) groups excluding carboxylic acids is 1. The fraction of sp³-hybridized carbons (Fsp3) is 0.417. The summed E-state index contributed by atoms with van der Waals surface area (Å²) in [5.74, 6) is 2.20. The van der Waals surface area contributed by atoms with Gasteiger partial charge in [0.1, 0.15) is 0 Å². The molecule has 0 aliphatic carbocycles. The van der Waals surface area contributed by atoms with Crippen molar-refractivity contribution in [1.82, 2.24) is 4.90 Å². The first-order valence-electron chi connectivity index (χ1n) is 5.63. The highest BCUT2D eigenvalue weighted by molar-refractivity contribution is 9.10. The monoisotopic (exact) mass is 345 g/mol. The maximum Gasteiger partial charge on any atom is 0.290 e. The first kappa shape index (κ1) is 14.2. The van der Waals surface area contributed by atoms with E-state index in [0.717, 1.165) is 0 Å². The Kier molecular flexibility index (Phi) is 4.02. The summed E-state index contributed by atoms with van der Waals surface area (Å²) in [7, 11) is -3.07. The number of halogens is 1. The number of amides is 1. The van der Waals surface area contributed by atoms with Crippen molar-refractivity contribution >= 4 is 31.7 Å². The second kappa shape index (κ2) is 5.39. The lowest BCUT2D eigenvalue weighted by molar-refractivity contribution is 0.0690. The van der Waals surface area contributed by atoms with Gasteiger partial charge in [-0.1, -0.05) is 5.92 Å². The molecular weight excluding hydrogens is 334 g/mol. The Bertz CT molecular complexity index is 628. The van der Waals surface area contributed by atoms with E-state index in [1.807, 2.05) is 0 Å². The Balaban J connectivity index is 2.21. The minimum atomic E-state index is -3.07. The van der Waals surface area contributed by atoms with Gasteiger partial charge in [0.05, 0.1) is 18.1 Å². The quantitative estimate of drug-likeness (QED) is 0.774. The van der Waals surface area contributed by atoms with Crippen LogP contribution < -0.4 is 0 Å². The fourth-order valence-corrected chi connectivity index (χ4v) is 4.09. The molecule has 1 aromatic rings. The van der Waals surface area contributed by atoms with Crippen LogP contribution in [0.3, 0.4) is 0 Å². The molecule has 1 aliphatic heterocycles. The second-order valence-electron chi connectivity index (χ2n) is 4.30. The molecule has 19 heavy (non-hydrogen) atoms. The average molecular weight is 346 g/mol. The van der Waals surface area contributed by atoms with Crippen molar-refractivity contribution in [2.45, 2.75) is 12.5 Å². The zero-order chi connectivity index (χ0) is 14.0. The van der Waals surface area contributed by atoms with Gasteiger partial charge in [-0.25, -0.2) is 8.42 Å². The van der Waals surface area contributed by atoms with E-state index in [1.54, 1.807) is 6.07 Å². The van der Waals surface area contributed by atoms with E-state index in [1.165, 1.54) is 11.0 Å². The first-order valence-corrected chi connectivity index (χ1v) is 8.24. The molecule has 0 saturated carbocycles. The number of rotatable bonds is 3. The van der Waals surface area contributed by atoms with E-state index in [9.17, 15) is 13.2 Å². The van der Waals surface area contributed by atoms with Crippen LogP contribution in [0.25, 0.3) is 0 Å². The van der Waals surface area contributed by atoms with E-state index in [2.05, 4.69) is 21.9 Å². The van der Waals surface area contributed by atoms with Crippen molar-refractivity contribution in [1.29, 1.82) is 0 Å². The van der Waals surface area contributed by atoms with Crippen LogP contribution in [-0.2, 0) is 9.84 Å². The highest BCUT2D eigenvalue weighted by Gasteiger charge is 2.35. The third-order valence-corrected chi connectivity index (χ3v) is 5.13. The van der Waals surface area contributed by atoms with Gasteiger partial charge in [-0.2, -0.15) is 0 Å². The van der Waals surface area contributed by atoms with Gasteiger partial charge in [0.2, 0.25) is 0 Å². The van der Waals surface area contributed by atoms with Gasteiger partial charge >= 0.3 is 0 Å². The zero-order valence-corrected chi connectivity index (χ0v) is 12.4. The largest absolute Gasteiger partial charge is 0.444 e. The summed E-state index contributed by atoms with van der Waals surface area (Å²) in [6, 6.07) is 2.75. The van der Waals surface area contributed by atoms with Crippen LogP contribution >= 0.6 is 15.9 Å². The molecule has 0 N–H and O–H groups in total. The molecular formula is C12H12BrNO4S. The van der Waals surface area contributed by atoms with E-state index >= 15 is 0 Å². The molecule has 0 aromatic carbocycles. The Morgan fingerprint density at radius 1 is 1.58 bits per heavy atom. The molecule has 0 spiro atoms. The number of sulfone groups is 1. The topological polar surface area (TPSA) is 67.6 Å². The number of nitrogens with zero attached hydrogens (tertiary/aromatic N) is 1. The molecule has 1 amide bonds. The molecule has 102 valence electrons. The molecule has 0 bridgehead atoms. The second-order valence-corrected chi connectivity index (χ2v) is 7.31. The van der Waals surface area contributed by atoms with Gasteiger partial charge in [-0.05, 0) is 34.5 Å². The van der Waals surface area contributed by atoms with Gasteiger partial charge in [-0.3, -0.25) is 4.79 Å². The molecule has 1 unspecified atom stereocenters. The summed E-state index contributed by atoms with van der Waals surface area (Å²) < 4.78 is 28.6.